The summed E-state index contributed by atoms with van der Waals surface area (Å²) in [5.41, 5.74) is -0.393. The number of aromatic hydroxyl groups is 1. The first-order chi connectivity index (χ1) is 8.49. The molecule has 0 unspecified atom stereocenters. The summed E-state index contributed by atoms with van der Waals surface area (Å²) in [7, 11) is 1.37. The Labute approximate surface area is 102 Å². The molecule has 92 valence electrons. The van der Waals surface area contributed by atoms with Crippen molar-refractivity contribution in [2.45, 2.75) is 0 Å². The highest BCUT2D eigenvalue weighted by Gasteiger charge is 2.14. The number of carbonyl (C=O) groups is 1. The van der Waals surface area contributed by atoms with Crippen LogP contribution in [0, 0.1) is 21.4 Å². The van der Waals surface area contributed by atoms with Gasteiger partial charge in [0.05, 0.1) is 4.92 Å². The predicted octanol–water partition coefficient (Wildman–Crippen LogP) is 0.953. The highest BCUT2D eigenvalue weighted by atomic mass is 16.6. The van der Waals surface area contributed by atoms with Gasteiger partial charge in [-0.2, -0.15) is 5.26 Å². The Morgan fingerprint density at radius 3 is 2.78 bits per heavy atom. The number of amides is 1. The molecule has 0 heterocycles. The minimum Gasteiger partial charge on any atom is -0.502 e. The standard InChI is InChI=1S/C11H9N3O4/c1-13-11(16)8(6-12)4-7-2-3-10(15)9(5-7)14(17)18/h2-5,15H,1H3,(H,13,16)/b8-4+. The number of likely N-dealkylation sites (N-methyl/N-ethyl adjacent to an activating group) is 1. The van der Waals surface area contributed by atoms with Gasteiger partial charge in [-0.1, -0.05) is 6.07 Å². The second-order valence-electron chi connectivity index (χ2n) is 3.25. The molecular weight excluding hydrogens is 238 g/mol. The number of nitro groups is 1. The van der Waals surface area contributed by atoms with Gasteiger partial charge in [0, 0.05) is 13.1 Å². The zero-order valence-electron chi connectivity index (χ0n) is 9.38. The molecule has 1 amide bonds. The van der Waals surface area contributed by atoms with Gasteiger partial charge in [-0.3, -0.25) is 14.9 Å². The highest BCUT2D eigenvalue weighted by molar-refractivity contribution is 6.01. The maximum absolute atomic E-state index is 11.2. The molecule has 7 nitrogen and oxygen atoms in total. The van der Waals surface area contributed by atoms with E-state index in [0.717, 1.165) is 12.1 Å². The molecule has 0 aliphatic heterocycles. The summed E-state index contributed by atoms with van der Waals surface area (Å²) in [5, 5.41) is 30.9. The Morgan fingerprint density at radius 1 is 1.61 bits per heavy atom. The van der Waals surface area contributed by atoms with Crippen molar-refractivity contribution >= 4 is 17.7 Å². The van der Waals surface area contributed by atoms with Crippen molar-refractivity contribution in [3.8, 4) is 11.8 Å². The van der Waals surface area contributed by atoms with E-state index in [1.807, 2.05) is 0 Å². The third-order valence-corrected chi connectivity index (χ3v) is 2.10. The smallest absolute Gasteiger partial charge is 0.311 e. The third kappa shape index (κ3) is 2.82. The predicted molar refractivity (Wildman–Crippen MR) is 62.4 cm³/mol. The van der Waals surface area contributed by atoms with Crippen molar-refractivity contribution in [3.63, 3.8) is 0 Å². The Hall–Kier alpha value is -2.88. The number of hydrogen-bond donors (Lipinski definition) is 2. The molecule has 0 aliphatic rings. The zero-order valence-corrected chi connectivity index (χ0v) is 9.38. The van der Waals surface area contributed by atoms with E-state index in [1.54, 1.807) is 6.07 Å². The Balaban J connectivity index is 3.23. The summed E-state index contributed by atoms with van der Waals surface area (Å²) in [6.07, 6.45) is 1.20. The van der Waals surface area contributed by atoms with Crippen molar-refractivity contribution in [1.82, 2.24) is 5.32 Å². The highest BCUT2D eigenvalue weighted by Crippen LogP contribution is 2.27. The topological polar surface area (TPSA) is 116 Å². The molecule has 0 atom stereocenters. The summed E-state index contributed by atoms with van der Waals surface area (Å²) >= 11 is 0. The van der Waals surface area contributed by atoms with Crippen molar-refractivity contribution in [2.75, 3.05) is 7.05 Å². The van der Waals surface area contributed by atoms with E-state index in [9.17, 15) is 20.0 Å². The number of nitrogens with zero attached hydrogens (tertiary/aromatic N) is 2. The van der Waals surface area contributed by atoms with Gasteiger partial charge in [0.1, 0.15) is 11.6 Å². The van der Waals surface area contributed by atoms with Gasteiger partial charge in [-0.15, -0.1) is 0 Å². The number of hydrogen-bond acceptors (Lipinski definition) is 5. The number of rotatable bonds is 3. The van der Waals surface area contributed by atoms with Crippen LogP contribution in [0.4, 0.5) is 5.69 Å². The lowest BCUT2D eigenvalue weighted by Gasteiger charge is -1.99. The first kappa shape index (κ1) is 13.2. The molecule has 2 N–H and O–H groups in total. The molecule has 0 aliphatic carbocycles. The molecule has 0 aromatic heterocycles. The van der Waals surface area contributed by atoms with Gasteiger partial charge >= 0.3 is 5.69 Å². The van der Waals surface area contributed by atoms with Gasteiger partial charge in [-0.05, 0) is 17.7 Å². The van der Waals surface area contributed by atoms with Crippen molar-refractivity contribution in [3.05, 3.63) is 39.4 Å². The average molecular weight is 247 g/mol. The van der Waals surface area contributed by atoms with Gasteiger partial charge < -0.3 is 10.4 Å². The Kier molecular flexibility index (Phi) is 3.99. The molecule has 1 aromatic carbocycles. The molecule has 0 saturated heterocycles. The Morgan fingerprint density at radius 2 is 2.28 bits per heavy atom. The summed E-state index contributed by atoms with van der Waals surface area (Å²) in [6.45, 7) is 0. The normalized spacial score (nSPS) is 10.6. The first-order valence-electron chi connectivity index (χ1n) is 4.81. The van der Waals surface area contributed by atoms with Crippen LogP contribution in [-0.2, 0) is 4.79 Å². The second kappa shape index (κ2) is 5.45. The molecule has 1 aromatic rings. The SMILES string of the molecule is CNC(=O)/C(C#N)=C/c1ccc(O)c([N+](=O)[O-])c1. The molecule has 1 rings (SSSR count). The first-order valence-corrected chi connectivity index (χ1v) is 4.81. The van der Waals surface area contributed by atoms with Crippen LogP contribution in [0.2, 0.25) is 0 Å². The molecule has 0 radical (unpaired) electrons. The average Bonchev–Trinajstić information content (AvgIpc) is 2.36. The van der Waals surface area contributed by atoms with E-state index in [2.05, 4.69) is 5.32 Å². The number of phenols is 1. The maximum Gasteiger partial charge on any atom is 0.311 e. The quantitative estimate of drug-likeness (QED) is 0.357. The van der Waals surface area contributed by atoms with Crippen molar-refractivity contribution in [1.29, 1.82) is 5.26 Å². The molecule has 0 bridgehead atoms. The largest absolute Gasteiger partial charge is 0.502 e. The van der Waals surface area contributed by atoms with Crippen LogP contribution in [0.15, 0.2) is 23.8 Å². The summed E-state index contributed by atoms with van der Waals surface area (Å²) in [6, 6.07) is 5.25. The number of nitrogens with one attached hydrogen (secondary N) is 1. The minimum atomic E-state index is -0.751. The number of nitriles is 1. The lowest BCUT2D eigenvalue weighted by molar-refractivity contribution is -0.385. The van der Waals surface area contributed by atoms with Gasteiger partial charge in [0.25, 0.3) is 5.91 Å². The van der Waals surface area contributed by atoms with Gasteiger partial charge in [0.2, 0.25) is 0 Å². The second-order valence-corrected chi connectivity index (χ2v) is 3.25. The summed E-state index contributed by atoms with van der Waals surface area (Å²) < 4.78 is 0. The maximum atomic E-state index is 11.2. The molecule has 18 heavy (non-hydrogen) atoms. The molecule has 0 spiro atoms. The van der Waals surface area contributed by atoms with Crippen LogP contribution in [-0.4, -0.2) is 23.0 Å². The van der Waals surface area contributed by atoms with E-state index in [4.69, 9.17) is 5.26 Å². The molecule has 7 heteroatoms. The number of benzene rings is 1. The minimum absolute atomic E-state index is 0.183. The van der Waals surface area contributed by atoms with Gasteiger partial charge in [0.15, 0.2) is 5.75 Å². The van der Waals surface area contributed by atoms with Crippen molar-refractivity contribution < 1.29 is 14.8 Å². The van der Waals surface area contributed by atoms with E-state index in [0.29, 0.717) is 0 Å². The van der Waals surface area contributed by atoms with Crippen LogP contribution in [0.25, 0.3) is 6.08 Å². The van der Waals surface area contributed by atoms with E-state index in [1.165, 1.54) is 19.2 Å². The van der Waals surface area contributed by atoms with Crippen LogP contribution in [0.1, 0.15) is 5.56 Å². The summed E-state index contributed by atoms with van der Waals surface area (Å²) in [4.78, 5) is 21.1. The number of phenolic OH excluding ortho intramolecular Hbond substituents is 1. The fraction of sp³-hybridized carbons (Fsp3) is 0.0909. The van der Waals surface area contributed by atoms with Crippen molar-refractivity contribution in [2.24, 2.45) is 0 Å². The third-order valence-electron chi connectivity index (χ3n) is 2.10. The number of nitro benzene ring substituents is 1. The van der Waals surface area contributed by atoms with Gasteiger partial charge in [-0.25, -0.2) is 0 Å². The van der Waals surface area contributed by atoms with Crippen LogP contribution >= 0.6 is 0 Å². The lowest BCUT2D eigenvalue weighted by atomic mass is 10.1. The zero-order chi connectivity index (χ0) is 13.7. The van der Waals surface area contributed by atoms with Crippen LogP contribution in [0.5, 0.6) is 5.75 Å². The molecule has 0 saturated carbocycles. The monoisotopic (exact) mass is 247 g/mol. The molecule has 0 fully saturated rings. The lowest BCUT2D eigenvalue weighted by Crippen LogP contribution is -2.19. The fourth-order valence-corrected chi connectivity index (χ4v) is 1.23. The van der Waals surface area contributed by atoms with E-state index >= 15 is 0 Å². The number of carbonyl (C=O) groups excluding carboxylic acids is 1. The summed E-state index contributed by atoms with van der Waals surface area (Å²) in [5.74, 6) is -1.07. The fourth-order valence-electron chi connectivity index (χ4n) is 1.23. The van der Waals surface area contributed by atoms with Crippen LogP contribution in [0.3, 0.4) is 0 Å². The Bertz CT molecular complexity index is 572. The van der Waals surface area contributed by atoms with E-state index in [-0.39, 0.29) is 11.1 Å². The van der Waals surface area contributed by atoms with Crippen LogP contribution < -0.4 is 5.32 Å². The van der Waals surface area contributed by atoms with E-state index < -0.39 is 22.3 Å². The molecular formula is C11H9N3O4.